The van der Waals surface area contributed by atoms with Gasteiger partial charge in [-0.3, -0.25) is 9.59 Å². The van der Waals surface area contributed by atoms with Gasteiger partial charge in [0.15, 0.2) is 0 Å². The summed E-state index contributed by atoms with van der Waals surface area (Å²) in [5.74, 6) is 0.259. The molecule has 2 amide bonds. The van der Waals surface area contributed by atoms with E-state index in [1.54, 1.807) is 12.0 Å². The molecule has 0 aliphatic heterocycles. The zero-order valence-corrected chi connectivity index (χ0v) is 22.9. The topological polar surface area (TPSA) is 61.9 Å². The zero-order chi connectivity index (χ0) is 27.8. The molecule has 0 saturated heterocycles. The van der Waals surface area contributed by atoms with Crippen LogP contribution in [0.2, 0.25) is 0 Å². The maximum atomic E-state index is 14.0. The lowest BCUT2D eigenvalue weighted by atomic mass is 10.00. The van der Waals surface area contributed by atoms with Gasteiger partial charge in [-0.25, -0.2) is 0 Å². The van der Waals surface area contributed by atoms with Crippen molar-refractivity contribution in [2.45, 2.75) is 25.9 Å². The average molecular weight is 522 g/mol. The van der Waals surface area contributed by atoms with Gasteiger partial charge in [-0.1, -0.05) is 66.7 Å². The van der Waals surface area contributed by atoms with Crippen molar-refractivity contribution < 1.29 is 14.3 Å². The van der Waals surface area contributed by atoms with Crippen molar-refractivity contribution in [3.05, 3.63) is 125 Å². The monoisotopic (exact) mass is 521 g/mol. The Morgan fingerprint density at radius 2 is 1.46 bits per heavy atom. The molecule has 0 saturated carbocycles. The predicted octanol–water partition coefficient (Wildman–Crippen LogP) is 6.02. The number of rotatable bonds is 10. The van der Waals surface area contributed by atoms with Gasteiger partial charge in [0.1, 0.15) is 11.8 Å². The zero-order valence-electron chi connectivity index (χ0n) is 22.9. The van der Waals surface area contributed by atoms with E-state index >= 15 is 0 Å². The fraction of sp³-hybridized carbons (Fsp3) is 0.212. The summed E-state index contributed by atoms with van der Waals surface area (Å²) in [5.41, 5.74) is 5.33. The third-order valence-electron chi connectivity index (χ3n) is 6.76. The van der Waals surface area contributed by atoms with Crippen LogP contribution in [0.15, 0.2) is 103 Å². The Morgan fingerprint density at radius 3 is 2.08 bits per heavy atom. The Hall–Kier alpha value is -4.58. The number of aryl methyl sites for hydroxylation is 1. The highest BCUT2D eigenvalue weighted by molar-refractivity contribution is 5.98. The van der Waals surface area contributed by atoms with Gasteiger partial charge >= 0.3 is 0 Å². The molecule has 0 aliphatic rings. The molecule has 0 aromatic heterocycles. The van der Waals surface area contributed by atoms with Crippen LogP contribution in [0.1, 0.15) is 28.3 Å². The Bertz CT molecular complexity index is 1380. The Morgan fingerprint density at radius 1 is 0.821 bits per heavy atom. The van der Waals surface area contributed by atoms with Crippen LogP contribution < -0.4 is 15.0 Å². The molecule has 0 bridgehead atoms. The summed E-state index contributed by atoms with van der Waals surface area (Å²) in [7, 11) is 5.54. The lowest BCUT2D eigenvalue weighted by Gasteiger charge is -2.32. The van der Waals surface area contributed by atoms with E-state index in [1.807, 2.05) is 129 Å². The molecule has 1 atom stereocenters. The van der Waals surface area contributed by atoms with Crippen LogP contribution in [0.4, 0.5) is 11.4 Å². The van der Waals surface area contributed by atoms with Gasteiger partial charge in [-0.05, 0) is 65.6 Å². The number of nitrogens with zero attached hydrogens (tertiary/aromatic N) is 2. The molecule has 0 heterocycles. The number of amides is 2. The minimum atomic E-state index is -0.861. The molecule has 200 valence electrons. The first-order valence-electron chi connectivity index (χ1n) is 13.0. The molecule has 1 N–H and O–H groups in total. The molecule has 6 nitrogen and oxygen atoms in total. The smallest absolute Gasteiger partial charge is 0.251 e. The van der Waals surface area contributed by atoms with Gasteiger partial charge in [-0.15, -0.1) is 0 Å². The normalized spacial score (nSPS) is 11.4. The highest BCUT2D eigenvalue weighted by Crippen LogP contribution is 2.29. The maximum Gasteiger partial charge on any atom is 0.251 e. The second-order valence-corrected chi connectivity index (χ2v) is 9.72. The van der Waals surface area contributed by atoms with Crippen molar-refractivity contribution in [3.8, 4) is 5.75 Å². The van der Waals surface area contributed by atoms with Crippen molar-refractivity contribution in [3.63, 3.8) is 0 Å². The maximum absolute atomic E-state index is 14.0. The minimum Gasteiger partial charge on any atom is -0.497 e. The molecule has 4 aromatic carbocycles. The van der Waals surface area contributed by atoms with E-state index in [9.17, 15) is 9.59 Å². The standard InChI is InChI=1S/C33H35N3O3/c1-24-10-8-9-13-27(24)23-36(31(37)22-25-11-6-5-7-12-25)32(26-14-20-30(39-4)21-15-26)33(38)34-28-16-18-29(19-17-28)35(2)3/h5-21,32H,22-23H2,1-4H3,(H,34,38). The largest absolute Gasteiger partial charge is 0.497 e. The van der Waals surface area contributed by atoms with E-state index in [2.05, 4.69) is 5.32 Å². The van der Waals surface area contributed by atoms with Crippen LogP contribution in [-0.2, 0) is 22.6 Å². The van der Waals surface area contributed by atoms with Crippen molar-refractivity contribution >= 4 is 23.2 Å². The lowest BCUT2D eigenvalue weighted by molar-refractivity contribution is -0.139. The summed E-state index contributed by atoms with van der Waals surface area (Å²) in [6.07, 6.45) is 0.185. The number of carbonyl (C=O) groups is 2. The lowest BCUT2D eigenvalue weighted by Crippen LogP contribution is -2.41. The van der Waals surface area contributed by atoms with Crippen LogP contribution in [0, 0.1) is 6.92 Å². The Kier molecular flexibility index (Phi) is 9.00. The molecule has 0 radical (unpaired) electrons. The molecular formula is C33H35N3O3. The first-order valence-corrected chi connectivity index (χ1v) is 13.0. The molecule has 39 heavy (non-hydrogen) atoms. The molecule has 6 heteroatoms. The van der Waals surface area contributed by atoms with Crippen LogP contribution in [0.25, 0.3) is 0 Å². The van der Waals surface area contributed by atoms with Gasteiger partial charge in [0.2, 0.25) is 5.91 Å². The van der Waals surface area contributed by atoms with E-state index in [0.29, 0.717) is 23.5 Å². The second kappa shape index (κ2) is 12.8. The number of methoxy groups -OCH3 is 1. The van der Waals surface area contributed by atoms with Crippen LogP contribution in [0.5, 0.6) is 5.75 Å². The van der Waals surface area contributed by atoms with E-state index in [0.717, 1.165) is 22.4 Å². The van der Waals surface area contributed by atoms with E-state index in [-0.39, 0.29) is 18.2 Å². The van der Waals surface area contributed by atoms with Crippen molar-refractivity contribution in [2.24, 2.45) is 0 Å². The number of anilines is 2. The Labute approximate surface area is 230 Å². The molecule has 0 aliphatic carbocycles. The van der Waals surface area contributed by atoms with Crippen molar-refractivity contribution in [1.82, 2.24) is 4.90 Å². The highest BCUT2D eigenvalue weighted by atomic mass is 16.5. The summed E-state index contributed by atoms with van der Waals surface area (Å²) in [5, 5.41) is 3.05. The van der Waals surface area contributed by atoms with Gasteiger partial charge in [0.25, 0.3) is 5.91 Å². The van der Waals surface area contributed by atoms with E-state index in [1.165, 1.54) is 0 Å². The molecule has 0 spiro atoms. The third-order valence-corrected chi connectivity index (χ3v) is 6.76. The molecular weight excluding hydrogens is 486 g/mol. The second-order valence-electron chi connectivity index (χ2n) is 9.72. The first kappa shape index (κ1) is 27.5. The van der Waals surface area contributed by atoms with Gasteiger partial charge in [-0.2, -0.15) is 0 Å². The highest BCUT2D eigenvalue weighted by Gasteiger charge is 2.32. The molecule has 0 fully saturated rings. The third kappa shape index (κ3) is 7.05. The number of nitrogens with one attached hydrogen (secondary N) is 1. The van der Waals surface area contributed by atoms with Crippen LogP contribution in [-0.4, -0.2) is 37.9 Å². The SMILES string of the molecule is COc1ccc(C(C(=O)Nc2ccc(N(C)C)cc2)N(Cc2ccccc2C)C(=O)Cc2ccccc2)cc1. The summed E-state index contributed by atoms with van der Waals surface area (Å²) in [4.78, 5) is 31.7. The van der Waals surface area contributed by atoms with Crippen molar-refractivity contribution in [2.75, 3.05) is 31.4 Å². The van der Waals surface area contributed by atoms with E-state index < -0.39 is 6.04 Å². The quantitative estimate of drug-likeness (QED) is 0.277. The number of ether oxygens (including phenoxy) is 1. The van der Waals surface area contributed by atoms with E-state index in [4.69, 9.17) is 4.74 Å². The summed E-state index contributed by atoms with van der Waals surface area (Å²) >= 11 is 0. The summed E-state index contributed by atoms with van der Waals surface area (Å²) in [6.45, 7) is 2.31. The van der Waals surface area contributed by atoms with Crippen LogP contribution >= 0.6 is 0 Å². The van der Waals surface area contributed by atoms with Gasteiger partial charge in [0.05, 0.1) is 13.5 Å². The Balaban J connectivity index is 1.74. The molecule has 1 unspecified atom stereocenters. The fourth-order valence-corrected chi connectivity index (χ4v) is 4.48. The predicted molar refractivity (Wildman–Crippen MR) is 157 cm³/mol. The van der Waals surface area contributed by atoms with Gasteiger partial charge in [0, 0.05) is 32.0 Å². The molecule has 4 aromatic rings. The fourth-order valence-electron chi connectivity index (χ4n) is 4.48. The number of hydrogen-bond donors (Lipinski definition) is 1. The average Bonchev–Trinajstić information content (AvgIpc) is 2.95. The summed E-state index contributed by atoms with van der Waals surface area (Å²) < 4.78 is 5.35. The minimum absolute atomic E-state index is 0.136. The van der Waals surface area contributed by atoms with Crippen molar-refractivity contribution in [1.29, 1.82) is 0 Å². The number of carbonyl (C=O) groups excluding carboxylic acids is 2. The summed E-state index contributed by atoms with van der Waals surface area (Å²) in [6, 6.07) is 31.7. The van der Waals surface area contributed by atoms with Gasteiger partial charge < -0.3 is 19.9 Å². The number of hydrogen-bond acceptors (Lipinski definition) is 4. The van der Waals surface area contributed by atoms with Crippen LogP contribution in [0.3, 0.4) is 0 Å². The number of benzene rings is 4. The molecule has 4 rings (SSSR count). The first-order chi connectivity index (χ1) is 18.9.